The number of hydrogen-bond acceptors (Lipinski definition) is 4. The number of anilines is 1. The smallest absolute Gasteiger partial charge is 0.244 e. The molecule has 0 radical (unpaired) electrons. The molecule has 1 atom stereocenters. The van der Waals surface area contributed by atoms with E-state index in [9.17, 15) is 18.0 Å². The van der Waals surface area contributed by atoms with Crippen LogP contribution in [0.15, 0.2) is 42.5 Å². The summed E-state index contributed by atoms with van der Waals surface area (Å²) in [6, 6.07) is 11.1. The van der Waals surface area contributed by atoms with Gasteiger partial charge in [-0.3, -0.25) is 13.9 Å². The Kier molecular flexibility index (Phi) is 10.6. The molecule has 0 aliphatic carbocycles. The highest BCUT2D eigenvalue weighted by atomic mass is 35.5. The van der Waals surface area contributed by atoms with Crippen LogP contribution in [0.25, 0.3) is 0 Å². The van der Waals surface area contributed by atoms with Gasteiger partial charge in [0.2, 0.25) is 21.8 Å². The van der Waals surface area contributed by atoms with Gasteiger partial charge in [-0.1, -0.05) is 62.2 Å². The molecule has 0 saturated carbocycles. The lowest BCUT2D eigenvalue weighted by Gasteiger charge is -2.33. The molecule has 2 aromatic rings. The van der Waals surface area contributed by atoms with Crippen LogP contribution in [0.3, 0.4) is 0 Å². The first-order valence-corrected chi connectivity index (χ1v) is 14.5. The van der Waals surface area contributed by atoms with Gasteiger partial charge >= 0.3 is 0 Å². The van der Waals surface area contributed by atoms with E-state index < -0.39 is 28.5 Å². The maximum atomic E-state index is 13.7. The summed E-state index contributed by atoms with van der Waals surface area (Å²) in [6.45, 7) is 9.17. The molecule has 1 N–H and O–H groups in total. The number of benzene rings is 2. The van der Waals surface area contributed by atoms with Crippen molar-refractivity contribution in [3.8, 4) is 0 Å². The molecule has 0 aliphatic rings. The third kappa shape index (κ3) is 8.11. The number of amides is 2. The van der Waals surface area contributed by atoms with Crippen LogP contribution in [0.2, 0.25) is 10.0 Å². The first-order valence-electron chi connectivity index (χ1n) is 11.9. The lowest BCUT2D eigenvalue weighted by molar-refractivity contribution is -0.140. The minimum absolute atomic E-state index is 0.0592. The van der Waals surface area contributed by atoms with Gasteiger partial charge in [-0.2, -0.15) is 0 Å². The predicted molar refractivity (Wildman–Crippen MR) is 147 cm³/mol. The van der Waals surface area contributed by atoms with Gasteiger partial charge < -0.3 is 10.2 Å². The maximum Gasteiger partial charge on any atom is 0.244 e. The molecule has 0 aromatic heterocycles. The molecule has 0 unspecified atom stereocenters. The summed E-state index contributed by atoms with van der Waals surface area (Å²) in [5, 5.41) is 3.55. The van der Waals surface area contributed by atoms with Gasteiger partial charge in [0.1, 0.15) is 12.6 Å². The Morgan fingerprint density at radius 2 is 1.58 bits per heavy atom. The van der Waals surface area contributed by atoms with Gasteiger partial charge in [0.05, 0.1) is 22.0 Å². The van der Waals surface area contributed by atoms with Gasteiger partial charge in [0.15, 0.2) is 0 Å². The van der Waals surface area contributed by atoms with Crippen LogP contribution >= 0.6 is 23.2 Å². The van der Waals surface area contributed by atoms with E-state index in [1.807, 2.05) is 39.8 Å². The van der Waals surface area contributed by atoms with Crippen LogP contribution in [0.5, 0.6) is 0 Å². The van der Waals surface area contributed by atoms with Crippen molar-refractivity contribution in [2.45, 2.75) is 65.6 Å². The Hall–Kier alpha value is -2.29. The third-order valence-corrected chi connectivity index (χ3v) is 7.56. The lowest BCUT2D eigenvalue weighted by Crippen LogP contribution is -2.53. The molecule has 7 nitrogen and oxygen atoms in total. The molecule has 0 spiro atoms. The highest BCUT2D eigenvalue weighted by Crippen LogP contribution is 2.25. The Morgan fingerprint density at radius 3 is 2.06 bits per heavy atom. The highest BCUT2D eigenvalue weighted by molar-refractivity contribution is 7.92. The van der Waals surface area contributed by atoms with E-state index in [0.29, 0.717) is 27.7 Å². The molecule has 2 aromatic carbocycles. The average molecular weight is 557 g/mol. The topological polar surface area (TPSA) is 86.8 Å². The fourth-order valence-corrected chi connectivity index (χ4v) is 4.94. The largest absolute Gasteiger partial charge is 0.352 e. The average Bonchev–Trinajstić information content (AvgIpc) is 2.78. The number of nitrogens with zero attached hydrogens (tertiary/aromatic N) is 2. The monoisotopic (exact) mass is 555 g/mol. The van der Waals surface area contributed by atoms with Gasteiger partial charge in [-0.25, -0.2) is 8.42 Å². The van der Waals surface area contributed by atoms with Crippen molar-refractivity contribution >= 4 is 50.7 Å². The molecular formula is C26H35Cl2N3O4S. The van der Waals surface area contributed by atoms with Crippen molar-refractivity contribution < 1.29 is 18.0 Å². The van der Waals surface area contributed by atoms with Crippen molar-refractivity contribution in [2.24, 2.45) is 0 Å². The minimum atomic E-state index is -3.79. The van der Waals surface area contributed by atoms with Gasteiger partial charge in [-0.05, 0) is 61.6 Å². The van der Waals surface area contributed by atoms with Crippen molar-refractivity contribution in [2.75, 3.05) is 17.1 Å². The number of rotatable bonds is 11. The fraction of sp³-hybridized carbons (Fsp3) is 0.462. The first-order chi connectivity index (χ1) is 16.7. The number of nitrogens with one attached hydrogen (secondary N) is 1. The van der Waals surface area contributed by atoms with Crippen LogP contribution in [-0.4, -0.2) is 50.0 Å². The molecule has 0 heterocycles. The van der Waals surface area contributed by atoms with Crippen molar-refractivity contribution in [1.29, 1.82) is 0 Å². The lowest BCUT2D eigenvalue weighted by atomic mass is 10.0. The number of halogens is 2. The zero-order chi connectivity index (χ0) is 27.2. The zero-order valence-electron chi connectivity index (χ0n) is 21.6. The summed E-state index contributed by atoms with van der Waals surface area (Å²) in [7, 11) is -3.79. The Morgan fingerprint density at radius 1 is 0.972 bits per heavy atom. The minimum Gasteiger partial charge on any atom is -0.352 e. The van der Waals surface area contributed by atoms with Crippen LogP contribution in [0.4, 0.5) is 5.69 Å². The Bertz CT molecular complexity index is 1170. The van der Waals surface area contributed by atoms with Crippen molar-refractivity contribution in [3.05, 3.63) is 63.6 Å². The number of carbonyl (C=O) groups excluding carboxylic acids is 2. The van der Waals surface area contributed by atoms with Gasteiger partial charge in [0, 0.05) is 12.6 Å². The van der Waals surface area contributed by atoms with E-state index in [2.05, 4.69) is 5.32 Å². The Labute approximate surface area is 224 Å². The maximum absolute atomic E-state index is 13.7. The molecule has 0 saturated heterocycles. The third-order valence-electron chi connectivity index (χ3n) is 5.68. The standard InChI is InChI=1S/C26H35Cl2N3O4S/c1-7-24(26(33)29-18(4)5)30(15-19-8-13-22(27)23(28)14-19)25(32)16-31(36(6,34)35)21-11-9-20(10-12-21)17(2)3/h8-14,17-18,24H,7,15-16H2,1-6H3,(H,29,33)/t24-/m0/s1. The van der Waals surface area contributed by atoms with Crippen LogP contribution < -0.4 is 9.62 Å². The van der Waals surface area contributed by atoms with E-state index in [1.165, 1.54) is 4.90 Å². The first kappa shape index (κ1) is 29.9. The quantitative estimate of drug-likeness (QED) is 0.412. The van der Waals surface area contributed by atoms with E-state index in [1.54, 1.807) is 37.3 Å². The Balaban J connectivity index is 2.46. The molecule has 2 rings (SSSR count). The van der Waals surface area contributed by atoms with E-state index >= 15 is 0 Å². The van der Waals surface area contributed by atoms with E-state index in [0.717, 1.165) is 16.1 Å². The molecule has 0 fully saturated rings. The number of hydrogen-bond donors (Lipinski definition) is 1. The summed E-state index contributed by atoms with van der Waals surface area (Å²) < 4.78 is 26.5. The summed E-state index contributed by atoms with van der Waals surface area (Å²) >= 11 is 12.2. The molecule has 0 aliphatic heterocycles. The molecular weight excluding hydrogens is 521 g/mol. The van der Waals surface area contributed by atoms with E-state index in [-0.39, 0.29) is 24.4 Å². The van der Waals surface area contributed by atoms with Crippen molar-refractivity contribution in [3.63, 3.8) is 0 Å². The van der Waals surface area contributed by atoms with Crippen molar-refractivity contribution in [1.82, 2.24) is 10.2 Å². The normalized spacial score (nSPS) is 12.5. The molecule has 2 amide bonds. The van der Waals surface area contributed by atoms with Crippen LogP contribution in [0.1, 0.15) is 58.1 Å². The molecule has 10 heteroatoms. The summed E-state index contributed by atoms with van der Waals surface area (Å²) in [4.78, 5) is 28.1. The molecule has 0 bridgehead atoms. The van der Waals surface area contributed by atoms with Gasteiger partial charge in [0.25, 0.3) is 0 Å². The summed E-state index contributed by atoms with van der Waals surface area (Å²) in [6.07, 6.45) is 1.40. The van der Waals surface area contributed by atoms with Gasteiger partial charge in [-0.15, -0.1) is 0 Å². The summed E-state index contributed by atoms with van der Waals surface area (Å²) in [5.41, 5.74) is 2.10. The zero-order valence-corrected chi connectivity index (χ0v) is 23.9. The fourth-order valence-electron chi connectivity index (χ4n) is 3.77. The highest BCUT2D eigenvalue weighted by Gasteiger charge is 2.32. The second kappa shape index (κ2) is 12.8. The van der Waals surface area contributed by atoms with Crippen LogP contribution in [-0.2, 0) is 26.2 Å². The second-order valence-corrected chi connectivity index (χ2v) is 12.1. The summed E-state index contributed by atoms with van der Waals surface area (Å²) in [5.74, 6) is -0.544. The van der Waals surface area contributed by atoms with E-state index in [4.69, 9.17) is 23.2 Å². The SMILES string of the molecule is CC[C@@H](C(=O)NC(C)C)N(Cc1ccc(Cl)c(Cl)c1)C(=O)CN(c1ccc(C(C)C)cc1)S(C)(=O)=O. The second-order valence-electron chi connectivity index (χ2n) is 9.37. The molecule has 198 valence electrons. The number of carbonyl (C=O) groups is 2. The molecule has 36 heavy (non-hydrogen) atoms. The number of sulfonamides is 1. The predicted octanol–water partition coefficient (Wildman–Crippen LogP) is 5.21. The van der Waals surface area contributed by atoms with Crippen LogP contribution in [0, 0.1) is 0 Å².